The zero-order valence-corrected chi connectivity index (χ0v) is 11.8. The van der Waals surface area contributed by atoms with Crippen LogP contribution in [0.5, 0.6) is 0 Å². The van der Waals surface area contributed by atoms with Crippen LogP contribution in [-0.4, -0.2) is 11.6 Å². The molecule has 0 saturated carbocycles. The lowest BCUT2D eigenvalue weighted by Gasteiger charge is -2.14. The maximum Gasteiger partial charge on any atom is 0.255 e. The standard InChI is InChI=1S/C16H19FN2O/c1-3-10-19-15(12-4-7-14(17)8-5-12)9-6-13(11-18-2)16(19)20/h4-9,18H,3,10-11H2,1-2H3. The van der Waals surface area contributed by atoms with E-state index in [2.05, 4.69) is 5.32 Å². The highest BCUT2D eigenvalue weighted by Gasteiger charge is 2.09. The van der Waals surface area contributed by atoms with Crippen molar-refractivity contribution in [2.24, 2.45) is 0 Å². The summed E-state index contributed by atoms with van der Waals surface area (Å²) in [6, 6.07) is 10.00. The number of rotatable bonds is 5. The molecule has 0 spiro atoms. The summed E-state index contributed by atoms with van der Waals surface area (Å²) in [5.41, 5.74) is 2.44. The first kappa shape index (κ1) is 14.5. The van der Waals surface area contributed by atoms with Gasteiger partial charge in [-0.2, -0.15) is 0 Å². The second-order valence-corrected chi connectivity index (χ2v) is 4.74. The van der Waals surface area contributed by atoms with E-state index in [0.717, 1.165) is 23.2 Å². The predicted molar refractivity (Wildman–Crippen MR) is 79.2 cm³/mol. The molecule has 0 bridgehead atoms. The van der Waals surface area contributed by atoms with E-state index in [1.165, 1.54) is 12.1 Å². The number of benzene rings is 1. The summed E-state index contributed by atoms with van der Waals surface area (Å²) in [5.74, 6) is -0.273. The van der Waals surface area contributed by atoms with Gasteiger partial charge in [-0.05, 0) is 49.4 Å². The summed E-state index contributed by atoms with van der Waals surface area (Å²) in [7, 11) is 1.82. The highest BCUT2D eigenvalue weighted by atomic mass is 19.1. The van der Waals surface area contributed by atoms with Gasteiger partial charge in [0.25, 0.3) is 5.56 Å². The Labute approximate surface area is 118 Å². The maximum absolute atomic E-state index is 13.0. The van der Waals surface area contributed by atoms with Gasteiger partial charge in [-0.25, -0.2) is 4.39 Å². The fourth-order valence-electron chi connectivity index (χ4n) is 2.27. The van der Waals surface area contributed by atoms with Crippen LogP contribution >= 0.6 is 0 Å². The Morgan fingerprint density at radius 2 is 1.85 bits per heavy atom. The summed E-state index contributed by atoms with van der Waals surface area (Å²) < 4.78 is 14.8. The van der Waals surface area contributed by atoms with Crippen LogP contribution in [0.15, 0.2) is 41.2 Å². The average Bonchev–Trinajstić information content (AvgIpc) is 2.45. The van der Waals surface area contributed by atoms with Gasteiger partial charge in [0.05, 0.1) is 5.69 Å². The van der Waals surface area contributed by atoms with Crippen LogP contribution in [0.3, 0.4) is 0 Å². The third-order valence-electron chi connectivity index (χ3n) is 3.21. The Morgan fingerprint density at radius 1 is 1.15 bits per heavy atom. The zero-order chi connectivity index (χ0) is 14.5. The van der Waals surface area contributed by atoms with Crippen molar-refractivity contribution < 1.29 is 4.39 Å². The van der Waals surface area contributed by atoms with Crippen molar-refractivity contribution in [3.8, 4) is 11.3 Å². The number of hydrogen-bond donors (Lipinski definition) is 1. The quantitative estimate of drug-likeness (QED) is 0.909. The van der Waals surface area contributed by atoms with Gasteiger partial charge in [0.15, 0.2) is 0 Å². The average molecular weight is 274 g/mol. The number of nitrogens with one attached hydrogen (secondary N) is 1. The van der Waals surface area contributed by atoms with E-state index >= 15 is 0 Å². The molecule has 0 amide bonds. The van der Waals surface area contributed by atoms with Crippen molar-refractivity contribution in [1.82, 2.24) is 9.88 Å². The smallest absolute Gasteiger partial charge is 0.255 e. The lowest BCUT2D eigenvalue weighted by Crippen LogP contribution is -2.27. The number of nitrogens with zero attached hydrogens (tertiary/aromatic N) is 1. The van der Waals surface area contributed by atoms with Crippen molar-refractivity contribution in [2.45, 2.75) is 26.4 Å². The molecule has 106 valence electrons. The summed E-state index contributed by atoms with van der Waals surface area (Å²) in [5, 5.41) is 3.00. The Morgan fingerprint density at radius 3 is 2.45 bits per heavy atom. The Kier molecular flexibility index (Phi) is 4.69. The van der Waals surface area contributed by atoms with Gasteiger partial charge in [-0.3, -0.25) is 4.79 Å². The van der Waals surface area contributed by atoms with Crippen molar-refractivity contribution in [2.75, 3.05) is 7.05 Å². The molecule has 1 aromatic heterocycles. The molecule has 2 rings (SSSR count). The summed E-state index contributed by atoms with van der Waals surface area (Å²) in [4.78, 5) is 12.5. The van der Waals surface area contributed by atoms with Crippen molar-refractivity contribution >= 4 is 0 Å². The minimum absolute atomic E-state index is 0.0167. The van der Waals surface area contributed by atoms with E-state index in [0.29, 0.717) is 13.1 Å². The van der Waals surface area contributed by atoms with E-state index in [1.807, 2.05) is 26.1 Å². The van der Waals surface area contributed by atoms with Crippen molar-refractivity contribution in [3.05, 3.63) is 58.1 Å². The second kappa shape index (κ2) is 6.48. The van der Waals surface area contributed by atoms with Gasteiger partial charge in [0, 0.05) is 18.7 Å². The van der Waals surface area contributed by atoms with E-state index in [4.69, 9.17) is 0 Å². The topological polar surface area (TPSA) is 34.0 Å². The first-order chi connectivity index (χ1) is 9.67. The minimum atomic E-state index is -0.273. The second-order valence-electron chi connectivity index (χ2n) is 4.74. The molecular formula is C16H19FN2O. The van der Waals surface area contributed by atoms with E-state index < -0.39 is 0 Å². The van der Waals surface area contributed by atoms with Crippen LogP contribution in [0.2, 0.25) is 0 Å². The van der Waals surface area contributed by atoms with Gasteiger partial charge >= 0.3 is 0 Å². The van der Waals surface area contributed by atoms with E-state index in [-0.39, 0.29) is 11.4 Å². The van der Waals surface area contributed by atoms with Gasteiger partial charge in [-0.15, -0.1) is 0 Å². The number of pyridine rings is 1. The Hall–Kier alpha value is -1.94. The number of halogens is 1. The molecule has 0 unspecified atom stereocenters. The van der Waals surface area contributed by atoms with Crippen LogP contribution in [0.4, 0.5) is 4.39 Å². The number of hydrogen-bond acceptors (Lipinski definition) is 2. The fraction of sp³-hybridized carbons (Fsp3) is 0.312. The van der Waals surface area contributed by atoms with Crippen LogP contribution in [-0.2, 0) is 13.1 Å². The zero-order valence-electron chi connectivity index (χ0n) is 11.8. The summed E-state index contributed by atoms with van der Waals surface area (Å²) in [6.07, 6.45) is 0.872. The molecule has 0 aliphatic heterocycles. The fourth-order valence-corrected chi connectivity index (χ4v) is 2.27. The lowest BCUT2D eigenvalue weighted by atomic mass is 10.1. The Balaban J connectivity index is 2.55. The largest absolute Gasteiger partial charge is 0.315 e. The van der Waals surface area contributed by atoms with Crippen molar-refractivity contribution in [1.29, 1.82) is 0 Å². The molecule has 20 heavy (non-hydrogen) atoms. The van der Waals surface area contributed by atoms with Crippen LogP contribution < -0.4 is 10.9 Å². The number of aromatic nitrogens is 1. The molecular weight excluding hydrogens is 255 g/mol. The van der Waals surface area contributed by atoms with Crippen LogP contribution in [0.1, 0.15) is 18.9 Å². The highest BCUT2D eigenvalue weighted by Crippen LogP contribution is 2.19. The maximum atomic E-state index is 13.0. The molecule has 1 heterocycles. The van der Waals surface area contributed by atoms with Crippen LogP contribution in [0, 0.1) is 5.82 Å². The molecule has 0 fully saturated rings. The normalized spacial score (nSPS) is 10.8. The highest BCUT2D eigenvalue weighted by molar-refractivity contribution is 5.59. The molecule has 4 heteroatoms. The summed E-state index contributed by atoms with van der Waals surface area (Å²) in [6.45, 7) is 3.24. The predicted octanol–water partition coefficient (Wildman–Crippen LogP) is 2.78. The molecule has 1 aromatic carbocycles. The van der Waals surface area contributed by atoms with Gasteiger partial charge in [0.1, 0.15) is 5.82 Å². The lowest BCUT2D eigenvalue weighted by molar-refractivity contribution is 0.627. The third-order valence-corrected chi connectivity index (χ3v) is 3.21. The van der Waals surface area contributed by atoms with Crippen molar-refractivity contribution in [3.63, 3.8) is 0 Å². The van der Waals surface area contributed by atoms with Gasteiger partial charge < -0.3 is 9.88 Å². The first-order valence-electron chi connectivity index (χ1n) is 6.80. The third kappa shape index (κ3) is 2.96. The summed E-state index contributed by atoms with van der Waals surface area (Å²) >= 11 is 0. The molecule has 1 N–H and O–H groups in total. The Bertz CT molecular complexity index is 632. The molecule has 0 atom stereocenters. The molecule has 0 aliphatic rings. The molecule has 2 aromatic rings. The molecule has 0 aliphatic carbocycles. The molecule has 0 saturated heterocycles. The van der Waals surface area contributed by atoms with Crippen LogP contribution in [0.25, 0.3) is 11.3 Å². The van der Waals surface area contributed by atoms with E-state index in [9.17, 15) is 9.18 Å². The van der Waals surface area contributed by atoms with E-state index in [1.54, 1.807) is 16.7 Å². The van der Waals surface area contributed by atoms with Gasteiger partial charge in [-0.1, -0.05) is 13.0 Å². The first-order valence-corrected chi connectivity index (χ1v) is 6.80. The van der Waals surface area contributed by atoms with Gasteiger partial charge in [0.2, 0.25) is 0 Å². The minimum Gasteiger partial charge on any atom is -0.315 e. The molecule has 0 radical (unpaired) electrons. The molecule has 3 nitrogen and oxygen atoms in total. The SMILES string of the molecule is CCCn1c(-c2ccc(F)cc2)ccc(CNC)c1=O. The monoisotopic (exact) mass is 274 g/mol.